The highest BCUT2D eigenvalue weighted by Crippen LogP contribution is 2.45. The molecular formula is C19H22N2O5. The van der Waals surface area contributed by atoms with E-state index in [1.807, 2.05) is 0 Å². The number of carbonyl (C=O) groups is 2. The van der Waals surface area contributed by atoms with Gasteiger partial charge in [-0.1, -0.05) is 12.1 Å². The third-order valence-corrected chi connectivity index (χ3v) is 4.54. The fourth-order valence-electron chi connectivity index (χ4n) is 2.82. The first-order valence-corrected chi connectivity index (χ1v) is 8.48. The molecule has 1 atom stereocenters. The summed E-state index contributed by atoms with van der Waals surface area (Å²) in [5, 5.41) is 15.9. The molecule has 1 aliphatic rings. The monoisotopic (exact) mass is 358 g/mol. The molecule has 0 aliphatic heterocycles. The Morgan fingerprint density at radius 3 is 2.46 bits per heavy atom. The number of hydrogen-bond acceptors (Lipinski definition) is 5. The van der Waals surface area contributed by atoms with Crippen LogP contribution in [-0.4, -0.2) is 30.6 Å². The van der Waals surface area contributed by atoms with Gasteiger partial charge in [0.1, 0.15) is 17.1 Å². The lowest BCUT2D eigenvalue weighted by Gasteiger charge is -2.26. The van der Waals surface area contributed by atoms with E-state index in [2.05, 4.69) is 10.6 Å². The molecule has 3 rings (SSSR count). The van der Waals surface area contributed by atoms with Gasteiger partial charge >= 0.3 is 11.8 Å². The molecule has 7 nitrogen and oxygen atoms in total. The van der Waals surface area contributed by atoms with Crippen LogP contribution in [0.5, 0.6) is 5.75 Å². The molecule has 0 bridgehead atoms. The van der Waals surface area contributed by atoms with Crippen LogP contribution in [0.2, 0.25) is 0 Å². The summed E-state index contributed by atoms with van der Waals surface area (Å²) in [7, 11) is 1.58. The van der Waals surface area contributed by atoms with E-state index >= 15 is 0 Å². The first-order valence-electron chi connectivity index (χ1n) is 8.48. The topological polar surface area (TPSA) is 101 Å². The predicted molar refractivity (Wildman–Crippen MR) is 93.2 cm³/mol. The number of rotatable bonds is 7. The lowest BCUT2D eigenvalue weighted by molar-refractivity contribution is -0.140. The largest absolute Gasteiger partial charge is 0.497 e. The Balaban J connectivity index is 1.51. The van der Waals surface area contributed by atoms with Gasteiger partial charge in [-0.25, -0.2) is 0 Å². The Morgan fingerprint density at radius 2 is 1.88 bits per heavy atom. The highest BCUT2D eigenvalue weighted by molar-refractivity contribution is 6.35. The Morgan fingerprint density at radius 1 is 1.19 bits per heavy atom. The number of furan rings is 1. The standard InChI is InChI=1S/C19H22N2O5/c1-25-15-8-4-13(5-9-15)11-20-17(22)18(23)21-12-19(24,14-6-7-14)16-3-2-10-26-16/h2-5,8-10,14,24H,6-7,11-12H2,1H3,(H,20,22)(H,21,23). The van der Waals surface area contributed by atoms with Gasteiger partial charge in [0.25, 0.3) is 0 Å². The average molecular weight is 358 g/mol. The minimum Gasteiger partial charge on any atom is -0.497 e. The zero-order chi connectivity index (χ0) is 18.6. The number of carbonyl (C=O) groups excluding carboxylic acids is 2. The number of methoxy groups -OCH3 is 1. The zero-order valence-electron chi connectivity index (χ0n) is 14.5. The van der Waals surface area contributed by atoms with Crippen LogP contribution in [0.15, 0.2) is 47.1 Å². The first kappa shape index (κ1) is 18.0. The quantitative estimate of drug-likeness (QED) is 0.648. The summed E-state index contributed by atoms with van der Waals surface area (Å²) in [6.07, 6.45) is 3.19. The highest BCUT2D eigenvalue weighted by atomic mass is 16.5. The number of ether oxygens (including phenoxy) is 1. The summed E-state index contributed by atoms with van der Waals surface area (Å²) >= 11 is 0. The molecule has 1 aromatic carbocycles. The molecule has 2 aromatic rings. The van der Waals surface area contributed by atoms with Crippen LogP contribution in [0.4, 0.5) is 0 Å². The Labute approximate surface area is 151 Å². The van der Waals surface area contributed by atoms with E-state index in [4.69, 9.17) is 9.15 Å². The highest BCUT2D eigenvalue weighted by Gasteiger charge is 2.47. The van der Waals surface area contributed by atoms with E-state index in [9.17, 15) is 14.7 Å². The van der Waals surface area contributed by atoms with Crippen molar-refractivity contribution in [1.82, 2.24) is 10.6 Å². The summed E-state index contributed by atoms with van der Waals surface area (Å²) in [5.74, 6) is -0.395. The van der Waals surface area contributed by atoms with Crippen molar-refractivity contribution in [3.8, 4) is 5.75 Å². The summed E-state index contributed by atoms with van der Waals surface area (Å²) in [5.41, 5.74) is -0.438. The fourth-order valence-corrected chi connectivity index (χ4v) is 2.82. The van der Waals surface area contributed by atoms with E-state index in [-0.39, 0.29) is 19.0 Å². The van der Waals surface area contributed by atoms with Gasteiger partial charge in [-0.15, -0.1) is 0 Å². The summed E-state index contributed by atoms with van der Waals surface area (Å²) in [6, 6.07) is 10.5. The van der Waals surface area contributed by atoms with Crippen LogP contribution >= 0.6 is 0 Å². The van der Waals surface area contributed by atoms with Crippen molar-refractivity contribution in [1.29, 1.82) is 0 Å². The molecule has 1 saturated carbocycles. The molecule has 26 heavy (non-hydrogen) atoms. The van der Waals surface area contributed by atoms with Crippen LogP contribution in [0.3, 0.4) is 0 Å². The summed E-state index contributed by atoms with van der Waals surface area (Å²) < 4.78 is 10.4. The maximum atomic E-state index is 12.0. The van der Waals surface area contributed by atoms with E-state index in [1.165, 1.54) is 6.26 Å². The van der Waals surface area contributed by atoms with E-state index in [0.717, 1.165) is 24.2 Å². The van der Waals surface area contributed by atoms with Gasteiger partial charge in [0.2, 0.25) is 0 Å². The lowest BCUT2D eigenvalue weighted by Crippen LogP contribution is -2.47. The van der Waals surface area contributed by atoms with Crippen molar-refractivity contribution in [3.05, 3.63) is 54.0 Å². The molecule has 2 amide bonds. The van der Waals surface area contributed by atoms with Gasteiger partial charge in [0.15, 0.2) is 0 Å². The second kappa shape index (κ2) is 7.61. The summed E-state index contributed by atoms with van der Waals surface area (Å²) in [4.78, 5) is 24.0. The van der Waals surface area contributed by atoms with Crippen LogP contribution in [0.1, 0.15) is 24.2 Å². The third kappa shape index (κ3) is 4.05. The average Bonchev–Trinajstić information content (AvgIpc) is 3.39. The second-order valence-corrected chi connectivity index (χ2v) is 6.39. The number of aliphatic hydroxyl groups is 1. The van der Waals surface area contributed by atoms with Crippen molar-refractivity contribution in [3.63, 3.8) is 0 Å². The minimum absolute atomic E-state index is 0.0244. The van der Waals surface area contributed by atoms with Crippen LogP contribution in [0.25, 0.3) is 0 Å². The van der Waals surface area contributed by atoms with E-state index in [1.54, 1.807) is 43.5 Å². The van der Waals surface area contributed by atoms with Crippen LogP contribution in [0, 0.1) is 5.92 Å². The molecule has 1 unspecified atom stereocenters. The SMILES string of the molecule is COc1ccc(CNC(=O)C(=O)NCC(O)(c2ccco2)C2CC2)cc1. The molecule has 138 valence electrons. The normalized spacial score (nSPS) is 15.8. The lowest BCUT2D eigenvalue weighted by atomic mass is 9.94. The minimum atomic E-state index is -1.28. The van der Waals surface area contributed by atoms with Gasteiger partial charge in [-0.05, 0) is 48.6 Å². The van der Waals surface area contributed by atoms with Gasteiger partial charge in [0, 0.05) is 6.54 Å². The third-order valence-electron chi connectivity index (χ3n) is 4.54. The molecule has 0 saturated heterocycles. The van der Waals surface area contributed by atoms with Crippen LogP contribution < -0.4 is 15.4 Å². The van der Waals surface area contributed by atoms with Crippen molar-refractivity contribution in [2.45, 2.75) is 25.0 Å². The van der Waals surface area contributed by atoms with Gasteiger partial charge < -0.3 is 24.9 Å². The van der Waals surface area contributed by atoms with E-state index in [0.29, 0.717) is 5.76 Å². The van der Waals surface area contributed by atoms with Crippen molar-refractivity contribution >= 4 is 11.8 Å². The predicted octanol–water partition coefficient (Wildman–Crippen LogP) is 1.32. The molecule has 1 fully saturated rings. The maximum absolute atomic E-state index is 12.0. The number of amides is 2. The van der Waals surface area contributed by atoms with Crippen molar-refractivity contribution < 1.29 is 23.8 Å². The molecular weight excluding hydrogens is 336 g/mol. The smallest absolute Gasteiger partial charge is 0.309 e. The molecule has 1 aromatic heterocycles. The van der Waals surface area contributed by atoms with Crippen LogP contribution in [-0.2, 0) is 21.7 Å². The summed E-state index contributed by atoms with van der Waals surface area (Å²) in [6.45, 7) is 0.154. The Hall–Kier alpha value is -2.80. The maximum Gasteiger partial charge on any atom is 0.309 e. The first-order chi connectivity index (χ1) is 12.5. The zero-order valence-corrected chi connectivity index (χ0v) is 14.5. The Bertz CT molecular complexity index is 753. The number of hydrogen-bond donors (Lipinski definition) is 3. The number of nitrogens with one attached hydrogen (secondary N) is 2. The molecule has 0 radical (unpaired) electrons. The van der Waals surface area contributed by atoms with Crippen molar-refractivity contribution in [2.75, 3.05) is 13.7 Å². The number of benzene rings is 1. The van der Waals surface area contributed by atoms with Gasteiger partial charge in [-0.3, -0.25) is 9.59 Å². The fraction of sp³-hybridized carbons (Fsp3) is 0.368. The second-order valence-electron chi connectivity index (χ2n) is 6.39. The van der Waals surface area contributed by atoms with Gasteiger partial charge in [-0.2, -0.15) is 0 Å². The molecule has 0 spiro atoms. The molecule has 1 aliphatic carbocycles. The van der Waals surface area contributed by atoms with Crippen molar-refractivity contribution in [2.24, 2.45) is 5.92 Å². The Kier molecular flexibility index (Phi) is 5.27. The van der Waals surface area contributed by atoms with Gasteiger partial charge in [0.05, 0.1) is 19.9 Å². The van der Waals surface area contributed by atoms with E-state index < -0.39 is 17.4 Å². The molecule has 1 heterocycles. The molecule has 3 N–H and O–H groups in total. The molecule has 7 heteroatoms.